The minimum Gasteiger partial charge on any atom is -0.379 e. The van der Waals surface area contributed by atoms with Crippen LogP contribution >= 0.6 is 0 Å². The van der Waals surface area contributed by atoms with Crippen LogP contribution in [0.1, 0.15) is 12.1 Å². The first-order chi connectivity index (χ1) is 12.0. The van der Waals surface area contributed by atoms with Gasteiger partial charge in [0.15, 0.2) is 0 Å². The van der Waals surface area contributed by atoms with E-state index in [0.717, 1.165) is 5.69 Å². The summed E-state index contributed by atoms with van der Waals surface area (Å²) < 4.78 is 35.2. The van der Waals surface area contributed by atoms with Crippen molar-refractivity contribution >= 4 is 16.1 Å². The van der Waals surface area contributed by atoms with Crippen LogP contribution in [0.25, 0.3) is 0 Å². The fourth-order valence-corrected chi connectivity index (χ4v) is 4.66. The highest BCUT2D eigenvalue weighted by Crippen LogP contribution is 2.14. The highest BCUT2D eigenvalue weighted by molar-refractivity contribution is 7.86. The van der Waals surface area contributed by atoms with Gasteiger partial charge in [-0.15, -0.1) is 0 Å². The zero-order chi connectivity index (χ0) is 17.9. The lowest BCUT2D eigenvalue weighted by molar-refractivity contribution is -0.132. The molecule has 0 N–H and O–H groups in total. The van der Waals surface area contributed by atoms with Gasteiger partial charge in [-0.3, -0.25) is 9.48 Å². The summed E-state index contributed by atoms with van der Waals surface area (Å²) in [6, 6.07) is 1.90. The molecule has 10 heteroatoms. The molecule has 25 heavy (non-hydrogen) atoms. The number of rotatable bonds is 5. The zero-order valence-corrected chi connectivity index (χ0v) is 15.3. The normalized spacial score (nSPS) is 20.8. The Kier molecular flexibility index (Phi) is 5.72. The quantitative estimate of drug-likeness (QED) is 0.683. The first kappa shape index (κ1) is 18.3. The van der Waals surface area contributed by atoms with Crippen LogP contribution in [0.5, 0.6) is 0 Å². The second-order valence-electron chi connectivity index (χ2n) is 6.24. The fourth-order valence-electron chi connectivity index (χ4n) is 3.10. The summed E-state index contributed by atoms with van der Waals surface area (Å²) in [4.78, 5) is 14.1. The van der Waals surface area contributed by atoms with Gasteiger partial charge in [0.1, 0.15) is 0 Å². The molecular formula is C15H25N5O4S. The SMILES string of the molecule is Cc1ccnn1CCC(=O)N1CCN(S(=O)(=O)N2CCOCC2)CC1. The predicted molar refractivity (Wildman–Crippen MR) is 91.0 cm³/mol. The van der Waals surface area contributed by atoms with Crippen molar-refractivity contribution in [3.05, 3.63) is 18.0 Å². The molecule has 2 saturated heterocycles. The summed E-state index contributed by atoms with van der Waals surface area (Å²) >= 11 is 0. The smallest absolute Gasteiger partial charge is 0.282 e. The highest BCUT2D eigenvalue weighted by atomic mass is 32.2. The van der Waals surface area contributed by atoms with Gasteiger partial charge in [0.05, 0.1) is 13.2 Å². The molecule has 0 aromatic carbocycles. The van der Waals surface area contributed by atoms with E-state index in [1.54, 1.807) is 15.8 Å². The van der Waals surface area contributed by atoms with Gasteiger partial charge >= 0.3 is 0 Å². The third-order valence-electron chi connectivity index (χ3n) is 4.68. The van der Waals surface area contributed by atoms with Crippen LogP contribution in [0, 0.1) is 6.92 Å². The maximum absolute atomic E-state index is 12.6. The van der Waals surface area contributed by atoms with Crippen LogP contribution in [0.4, 0.5) is 0 Å². The van der Waals surface area contributed by atoms with Crippen LogP contribution in [0.3, 0.4) is 0 Å². The number of carbonyl (C=O) groups is 1. The van der Waals surface area contributed by atoms with Crippen LogP contribution < -0.4 is 0 Å². The topological polar surface area (TPSA) is 88.0 Å². The van der Waals surface area contributed by atoms with Crippen molar-refractivity contribution in [2.75, 3.05) is 52.5 Å². The van der Waals surface area contributed by atoms with Gasteiger partial charge in [-0.25, -0.2) is 0 Å². The Bertz CT molecular complexity index is 691. The van der Waals surface area contributed by atoms with E-state index in [1.807, 2.05) is 13.0 Å². The molecule has 1 aromatic heterocycles. The summed E-state index contributed by atoms with van der Waals surface area (Å²) in [5.41, 5.74) is 1.02. The predicted octanol–water partition coefficient (Wildman–Crippen LogP) is -0.697. The number of carbonyl (C=O) groups excluding carboxylic acids is 1. The van der Waals surface area contributed by atoms with Gasteiger partial charge in [0.25, 0.3) is 10.2 Å². The van der Waals surface area contributed by atoms with Crippen molar-refractivity contribution < 1.29 is 17.9 Å². The number of hydrogen-bond donors (Lipinski definition) is 0. The molecular weight excluding hydrogens is 346 g/mol. The van der Waals surface area contributed by atoms with E-state index in [9.17, 15) is 13.2 Å². The molecule has 9 nitrogen and oxygen atoms in total. The number of morpholine rings is 1. The van der Waals surface area contributed by atoms with Crippen molar-refractivity contribution in [2.24, 2.45) is 0 Å². The standard InChI is InChI=1S/C15H25N5O4S/c1-14-2-4-16-20(14)5-3-15(21)17-6-8-18(9-7-17)25(22,23)19-10-12-24-13-11-19/h2,4H,3,5-13H2,1H3. The summed E-state index contributed by atoms with van der Waals surface area (Å²) in [7, 11) is -3.45. The summed E-state index contributed by atoms with van der Waals surface area (Å²) in [6.45, 7) is 5.70. The van der Waals surface area contributed by atoms with E-state index in [2.05, 4.69) is 5.10 Å². The molecule has 0 aliphatic carbocycles. The Morgan fingerprint density at radius 3 is 2.36 bits per heavy atom. The number of aromatic nitrogens is 2. The molecule has 0 radical (unpaired) electrons. The average Bonchev–Trinajstić information content (AvgIpc) is 3.05. The van der Waals surface area contributed by atoms with Crippen LogP contribution in [-0.4, -0.2) is 90.1 Å². The first-order valence-electron chi connectivity index (χ1n) is 8.57. The van der Waals surface area contributed by atoms with Crippen molar-refractivity contribution in [2.45, 2.75) is 19.9 Å². The summed E-state index contributed by atoms with van der Waals surface area (Å²) in [5.74, 6) is 0.0401. The number of aryl methyl sites for hydroxylation is 2. The van der Waals surface area contributed by atoms with E-state index < -0.39 is 10.2 Å². The molecule has 3 heterocycles. The van der Waals surface area contributed by atoms with Crippen molar-refractivity contribution in [3.63, 3.8) is 0 Å². The van der Waals surface area contributed by atoms with Gasteiger partial charge in [0, 0.05) is 64.1 Å². The molecule has 2 fully saturated rings. The Morgan fingerprint density at radius 1 is 1.12 bits per heavy atom. The second kappa shape index (κ2) is 7.81. The molecule has 2 aliphatic heterocycles. The summed E-state index contributed by atoms with van der Waals surface area (Å²) in [5, 5.41) is 4.17. The number of hydrogen-bond acceptors (Lipinski definition) is 5. The molecule has 3 rings (SSSR count). The lowest BCUT2D eigenvalue weighted by Crippen LogP contribution is -2.55. The van der Waals surface area contributed by atoms with Gasteiger partial charge in [0.2, 0.25) is 5.91 Å². The van der Waals surface area contributed by atoms with E-state index >= 15 is 0 Å². The number of amides is 1. The van der Waals surface area contributed by atoms with E-state index in [4.69, 9.17) is 4.74 Å². The molecule has 0 saturated carbocycles. The molecule has 0 spiro atoms. The maximum atomic E-state index is 12.6. The molecule has 0 unspecified atom stereocenters. The zero-order valence-electron chi connectivity index (χ0n) is 14.5. The number of nitrogens with zero attached hydrogens (tertiary/aromatic N) is 5. The van der Waals surface area contributed by atoms with Gasteiger partial charge in [-0.2, -0.15) is 22.1 Å². The highest BCUT2D eigenvalue weighted by Gasteiger charge is 2.34. The Labute approximate surface area is 148 Å². The number of piperazine rings is 1. The second-order valence-corrected chi connectivity index (χ2v) is 8.17. The van der Waals surface area contributed by atoms with Crippen molar-refractivity contribution in [1.29, 1.82) is 0 Å². The minimum absolute atomic E-state index is 0.0401. The summed E-state index contributed by atoms with van der Waals surface area (Å²) in [6.07, 6.45) is 2.09. The molecule has 1 aromatic rings. The fraction of sp³-hybridized carbons (Fsp3) is 0.733. The largest absolute Gasteiger partial charge is 0.379 e. The maximum Gasteiger partial charge on any atom is 0.282 e. The first-order valence-corrected chi connectivity index (χ1v) is 9.97. The monoisotopic (exact) mass is 371 g/mol. The minimum atomic E-state index is -3.45. The molecule has 1 amide bonds. The van der Waals surface area contributed by atoms with Crippen molar-refractivity contribution in [1.82, 2.24) is 23.3 Å². The lowest BCUT2D eigenvalue weighted by atomic mass is 10.3. The van der Waals surface area contributed by atoms with Crippen LogP contribution in [0.2, 0.25) is 0 Å². The third-order valence-corrected chi connectivity index (χ3v) is 6.72. The molecule has 140 valence electrons. The van der Waals surface area contributed by atoms with Gasteiger partial charge in [-0.1, -0.05) is 0 Å². The van der Waals surface area contributed by atoms with Gasteiger partial charge in [-0.05, 0) is 13.0 Å². The lowest BCUT2D eigenvalue weighted by Gasteiger charge is -2.37. The Hall–Kier alpha value is -1.49. The third kappa shape index (κ3) is 4.20. The Morgan fingerprint density at radius 2 is 1.76 bits per heavy atom. The average molecular weight is 371 g/mol. The number of ether oxygens (including phenoxy) is 1. The molecule has 2 aliphatic rings. The van der Waals surface area contributed by atoms with E-state index in [1.165, 1.54) is 8.61 Å². The van der Waals surface area contributed by atoms with Crippen LogP contribution in [0.15, 0.2) is 12.3 Å². The van der Waals surface area contributed by atoms with Gasteiger partial charge < -0.3 is 9.64 Å². The van der Waals surface area contributed by atoms with E-state index in [-0.39, 0.29) is 5.91 Å². The van der Waals surface area contributed by atoms with Crippen molar-refractivity contribution in [3.8, 4) is 0 Å². The molecule has 0 bridgehead atoms. The van der Waals surface area contributed by atoms with Crippen LogP contribution in [-0.2, 0) is 26.3 Å². The molecule has 0 atom stereocenters. The Balaban J connectivity index is 1.49. The van der Waals surface area contributed by atoms with E-state index in [0.29, 0.717) is 65.4 Å².